The van der Waals surface area contributed by atoms with Crippen molar-refractivity contribution in [3.63, 3.8) is 0 Å². The minimum absolute atomic E-state index is 0.0204. The van der Waals surface area contributed by atoms with Crippen LogP contribution in [-0.2, 0) is 14.6 Å². The lowest BCUT2D eigenvalue weighted by Gasteiger charge is -2.04. The molecule has 0 saturated carbocycles. The van der Waals surface area contributed by atoms with E-state index >= 15 is 0 Å². The van der Waals surface area contributed by atoms with Gasteiger partial charge in [-0.1, -0.05) is 0 Å². The number of carbonyl (C=O) groups is 1. The van der Waals surface area contributed by atoms with Gasteiger partial charge in [-0.05, 0) is 18.2 Å². The molecule has 0 fully saturated rings. The summed E-state index contributed by atoms with van der Waals surface area (Å²) in [4.78, 5) is 11.6. The molecular formula is C11H12F2O4S. The van der Waals surface area contributed by atoms with Crippen LogP contribution in [0.1, 0.15) is 10.4 Å². The van der Waals surface area contributed by atoms with Crippen LogP contribution in [-0.4, -0.2) is 39.4 Å². The van der Waals surface area contributed by atoms with Gasteiger partial charge in [-0.3, -0.25) is 4.79 Å². The fraction of sp³-hybridized carbons (Fsp3) is 0.364. The van der Waals surface area contributed by atoms with E-state index in [1.807, 2.05) is 0 Å². The van der Waals surface area contributed by atoms with Gasteiger partial charge in [-0.25, -0.2) is 17.2 Å². The van der Waals surface area contributed by atoms with Crippen LogP contribution < -0.4 is 0 Å². The average Bonchev–Trinajstić information content (AvgIpc) is 2.29. The Hall–Kier alpha value is -1.34. The zero-order valence-corrected chi connectivity index (χ0v) is 10.5. The first-order chi connectivity index (χ1) is 8.35. The Balaban J connectivity index is 2.79. The monoisotopic (exact) mass is 278 g/mol. The van der Waals surface area contributed by atoms with Gasteiger partial charge in [0.05, 0.1) is 12.4 Å². The van der Waals surface area contributed by atoms with Crippen LogP contribution in [0.3, 0.4) is 0 Å². The van der Waals surface area contributed by atoms with E-state index in [9.17, 15) is 22.0 Å². The largest absolute Gasteiger partial charge is 0.384 e. The van der Waals surface area contributed by atoms with Crippen LogP contribution in [0.25, 0.3) is 0 Å². The van der Waals surface area contributed by atoms with Crippen LogP contribution in [0, 0.1) is 11.6 Å². The molecule has 0 saturated heterocycles. The van der Waals surface area contributed by atoms with E-state index in [0.717, 1.165) is 12.1 Å². The minimum atomic E-state index is -3.60. The number of sulfone groups is 1. The highest BCUT2D eigenvalue weighted by Gasteiger charge is 2.18. The van der Waals surface area contributed by atoms with Crippen molar-refractivity contribution in [2.24, 2.45) is 0 Å². The third-order valence-corrected chi connectivity index (χ3v) is 3.68. The molecule has 0 radical (unpaired) electrons. The van der Waals surface area contributed by atoms with Crippen molar-refractivity contribution in [3.8, 4) is 0 Å². The van der Waals surface area contributed by atoms with Gasteiger partial charge in [0.15, 0.2) is 27.3 Å². The maximum atomic E-state index is 12.9. The van der Waals surface area contributed by atoms with E-state index in [0.29, 0.717) is 6.07 Å². The summed E-state index contributed by atoms with van der Waals surface area (Å²) in [5, 5.41) is 0. The number of halogens is 2. The summed E-state index contributed by atoms with van der Waals surface area (Å²) in [6, 6.07) is 2.51. The summed E-state index contributed by atoms with van der Waals surface area (Å²) in [7, 11) is -2.26. The number of ether oxygens (including phenoxy) is 1. The Morgan fingerprint density at radius 1 is 1.28 bits per heavy atom. The fourth-order valence-electron chi connectivity index (χ4n) is 1.24. The van der Waals surface area contributed by atoms with Crippen molar-refractivity contribution in [1.29, 1.82) is 0 Å². The molecule has 0 unspecified atom stereocenters. The Bertz CT molecular complexity index is 540. The molecule has 18 heavy (non-hydrogen) atoms. The number of hydrogen-bond donors (Lipinski definition) is 0. The molecule has 4 nitrogen and oxygen atoms in total. The van der Waals surface area contributed by atoms with Crippen LogP contribution in [0.15, 0.2) is 18.2 Å². The zero-order valence-electron chi connectivity index (χ0n) is 9.65. The highest BCUT2D eigenvalue weighted by molar-refractivity contribution is 7.92. The molecule has 0 N–H and O–H groups in total. The minimum Gasteiger partial charge on any atom is -0.384 e. The predicted molar refractivity (Wildman–Crippen MR) is 61.2 cm³/mol. The van der Waals surface area contributed by atoms with Gasteiger partial charge in [0.1, 0.15) is 5.75 Å². The standard InChI is InChI=1S/C11H12F2O4S/c1-17-4-5-18(15,16)7-11(14)8-2-3-9(12)10(13)6-8/h2-3,6H,4-5,7H2,1H3. The van der Waals surface area contributed by atoms with E-state index in [1.54, 1.807) is 0 Å². The Labute approximate surface area is 103 Å². The molecular weight excluding hydrogens is 266 g/mol. The van der Waals surface area contributed by atoms with E-state index in [4.69, 9.17) is 0 Å². The lowest BCUT2D eigenvalue weighted by Crippen LogP contribution is -2.21. The van der Waals surface area contributed by atoms with Crippen LogP contribution >= 0.6 is 0 Å². The van der Waals surface area contributed by atoms with Gasteiger partial charge in [-0.2, -0.15) is 0 Å². The van der Waals surface area contributed by atoms with E-state index in [2.05, 4.69) is 4.74 Å². The van der Waals surface area contributed by atoms with Gasteiger partial charge >= 0.3 is 0 Å². The molecule has 0 atom stereocenters. The van der Waals surface area contributed by atoms with Crippen LogP contribution in [0.4, 0.5) is 8.78 Å². The predicted octanol–water partition coefficient (Wildman–Crippen LogP) is 1.21. The van der Waals surface area contributed by atoms with Crippen molar-refractivity contribution in [3.05, 3.63) is 35.4 Å². The second-order valence-electron chi connectivity index (χ2n) is 3.64. The van der Waals surface area contributed by atoms with Crippen molar-refractivity contribution in [2.45, 2.75) is 0 Å². The van der Waals surface area contributed by atoms with Gasteiger partial charge in [0, 0.05) is 12.7 Å². The zero-order chi connectivity index (χ0) is 13.8. The first-order valence-corrected chi connectivity index (χ1v) is 6.85. The third-order valence-electron chi connectivity index (χ3n) is 2.19. The van der Waals surface area contributed by atoms with Gasteiger partial charge in [-0.15, -0.1) is 0 Å². The topological polar surface area (TPSA) is 60.4 Å². The van der Waals surface area contributed by atoms with Crippen molar-refractivity contribution in [1.82, 2.24) is 0 Å². The summed E-state index contributed by atoms with van der Waals surface area (Å²) in [6.07, 6.45) is 0. The number of rotatable bonds is 6. The maximum Gasteiger partial charge on any atom is 0.177 e. The maximum absolute atomic E-state index is 12.9. The molecule has 0 aromatic heterocycles. The van der Waals surface area contributed by atoms with Crippen LogP contribution in [0.5, 0.6) is 0 Å². The first kappa shape index (κ1) is 14.7. The normalized spacial score (nSPS) is 11.5. The fourth-order valence-corrected chi connectivity index (χ4v) is 2.37. The number of carbonyl (C=O) groups excluding carboxylic acids is 1. The summed E-state index contributed by atoms with van der Waals surface area (Å²) < 4.78 is 53.0. The van der Waals surface area contributed by atoms with E-state index in [-0.39, 0.29) is 17.9 Å². The molecule has 0 aliphatic carbocycles. The molecule has 0 spiro atoms. The van der Waals surface area contributed by atoms with Crippen molar-refractivity contribution in [2.75, 3.05) is 25.2 Å². The number of Topliss-reactive ketones (excluding diaryl/α,β-unsaturated/α-hetero) is 1. The lowest BCUT2D eigenvalue weighted by atomic mass is 10.1. The summed E-state index contributed by atoms with van der Waals surface area (Å²) in [6.45, 7) is -0.0204. The van der Waals surface area contributed by atoms with Crippen molar-refractivity contribution >= 4 is 15.6 Å². The second-order valence-corrected chi connectivity index (χ2v) is 5.82. The molecule has 1 aromatic rings. The molecule has 0 amide bonds. The SMILES string of the molecule is COCCS(=O)(=O)CC(=O)c1ccc(F)c(F)c1. The van der Waals surface area contributed by atoms with Gasteiger partial charge < -0.3 is 4.74 Å². The number of ketones is 1. The highest BCUT2D eigenvalue weighted by Crippen LogP contribution is 2.10. The second kappa shape index (κ2) is 6.01. The quantitative estimate of drug-likeness (QED) is 0.734. The van der Waals surface area contributed by atoms with E-state index in [1.165, 1.54) is 7.11 Å². The number of hydrogen-bond acceptors (Lipinski definition) is 4. The number of benzene rings is 1. The summed E-state index contributed by atoms with van der Waals surface area (Å²) >= 11 is 0. The Morgan fingerprint density at radius 2 is 1.94 bits per heavy atom. The Kier molecular flexibility index (Phi) is 4.92. The summed E-state index contributed by atoms with van der Waals surface area (Å²) in [5.41, 5.74) is -0.171. The molecule has 7 heteroatoms. The number of methoxy groups -OCH3 is 1. The van der Waals surface area contributed by atoms with Crippen LogP contribution in [0.2, 0.25) is 0 Å². The molecule has 0 heterocycles. The van der Waals surface area contributed by atoms with Gasteiger partial charge in [0.25, 0.3) is 0 Å². The molecule has 0 bridgehead atoms. The van der Waals surface area contributed by atoms with E-state index < -0.39 is 33.0 Å². The molecule has 0 aliphatic heterocycles. The molecule has 100 valence electrons. The van der Waals surface area contributed by atoms with Crippen molar-refractivity contribution < 1.29 is 26.7 Å². The molecule has 1 aromatic carbocycles. The first-order valence-electron chi connectivity index (χ1n) is 5.03. The molecule has 0 aliphatic rings. The lowest BCUT2D eigenvalue weighted by molar-refractivity contribution is 0.102. The highest BCUT2D eigenvalue weighted by atomic mass is 32.2. The molecule has 1 rings (SSSR count). The Morgan fingerprint density at radius 3 is 2.50 bits per heavy atom. The average molecular weight is 278 g/mol. The smallest absolute Gasteiger partial charge is 0.177 e. The van der Waals surface area contributed by atoms with Gasteiger partial charge in [0.2, 0.25) is 0 Å². The summed E-state index contributed by atoms with van der Waals surface area (Å²) in [5.74, 6) is -4.09. The third kappa shape index (κ3) is 4.15.